The molecule has 2 amide bonds. The number of aryl methyl sites for hydroxylation is 2. The van der Waals surface area contributed by atoms with Gasteiger partial charge in [0.25, 0.3) is 0 Å². The maximum absolute atomic E-state index is 14.2. The van der Waals surface area contributed by atoms with Crippen LogP contribution in [0.5, 0.6) is 0 Å². The first-order chi connectivity index (χ1) is 19.1. The quantitative estimate of drug-likeness (QED) is 0.366. The molecule has 1 fully saturated rings. The molecule has 212 valence electrons. The van der Waals surface area contributed by atoms with E-state index in [9.17, 15) is 18.0 Å². The molecular weight excluding hydrogens is 522 g/mol. The highest BCUT2D eigenvalue weighted by Crippen LogP contribution is 2.24. The summed E-state index contributed by atoms with van der Waals surface area (Å²) < 4.78 is 27.1. The van der Waals surface area contributed by atoms with Gasteiger partial charge in [0.15, 0.2) is 0 Å². The average molecular weight is 562 g/mol. The van der Waals surface area contributed by atoms with Crippen LogP contribution in [0.4, 0.5) is 5.69 Å². The van der Waals surface area contributed by atoms with Gasteiger partial charge in [-0.1, -0.05) is 85.6 Å². The predicted molar refractivity (Wildman–Crippen MR) is 159 cm³/mol. The highest BCUT2D eigenvalue weighted by molar-refractivity contribution is 7.92. The summed E-state index contributed by atoms with van der Waals surface area (Å²) in [5.41, 5.74) is 4.02. The van der Waals surface area contributed by atoms with Crippen molar-refractivity contribution in [2.45, 2.75) is 64.6 Å². The number of benzene rings is 3. The van der Waals surface area contributed by atoms with Gasteiger partial charge in [-0.05, 0) is 55.0 Å². The first kappa shape index (κ1) is 29.3. The maximum Gasteiger partial charge on any atom is 0.244 e. The average Bonchev–Trinajstić information content (AvgIpc) is 3.43. The number of hydrogen-bond acceptors (Lipinski definition) is 4. The normalized spacial score (nSPS) is 14.5. The third kappa shape index (κ3) is 7.50. The van der Waals surface area contributed by atoms with Crippen molar-refractivity contribution in [2.75, 3.05) is 17.1 Å². The van der Waals surface area contributed by atoms with Crippen LogP contribution in [0.2, 0.25) is 0 Å². The largest absolute Gasteiger partial charge is 0.352 e. The van der Waals surface area contributed by atoms with E-state index in [2.05, 4.69) is 5.32 Å². The highest BCUT2D eigenvalue weighted by Gasteiger charge is 2.34. The fourth-order valence-corrected chi connectivity index (χ4v) is 6.24. The minimum Gasteiger partial charge on any atom is -0.352 e. The van der Waals surface area contributed by atoms with Gasteiger partial charge in [0.05, 0.1) is 11.9 Å². The molecule has 4 rings (SSSR count). The monoisotopic (exact) mass is 561 g/mol. The van der Waals surface area contributed by atoms with E-state index in [1.54, 1.807) is 17.0 Å². The summed E-state index contributed by atoms with van der Waals surface area (Å²) in [4.78, 5) is 29.7. The Labute approximate surface area is 238 Å². The summed E-state index contributed by atoms with van der Waals surface area (Å²) in [7, 11) is -3.79. The maximum atomic E-state index is 14.2. The Morgan fingerprint density at radius 1 is 0.875 bits per heavy atom. The number of carbonyl (C=O) groups excluding carboxylic acids is 2. The number of sulfonamides is 1. The van der Waals surface area contributed by atoms with Crippen LogP contribution in [0.3, 0.4) is 0 Å². The molecule has 8 heteroatoms. The molecule has 1 N–H and O–H groups in total. The molecule has 7 nitrogen and oxygen atoms in total. The van der Waals surface area contributed by atoms with E-state index in [1.807, 2.05) is 80.6 Å². The van der Waals surface area contributed by atoms with Crippen LogP contribution in [0.1, 0.15) is 47.9 Å². The lowest BCUT2D eigenvalue weighted by atomic mass is 10.0. The molecule has 1 aliphatic carbocycles. The number of carbonyl (C=O) groups is 2. The van der Waals surface area contributed by atoms with Crippen LogP contribution in [0.25, 0.3) is 0 Å². The number of rotatable bonds is 11. The van der Waals surface area contributed by atoms with Gasteiger partial charge in [0.1, 0.15) is 12.6 Å². The zero-order chi connectivity index (χ0) is 28.7. The van der Waals surface area contributed by atoms with Gasteiger partial charge in [0.2, 0.25) is 21.8 Å². The molecule has 0 saturated heterocycles. The third-order valence-electron chi connectivity index (χ3n) is 7.64. The molecule has 0 heterocycles. The standard InChI is InChI=1S/C32H39N3O4S/c1-24-13-7-9-17-27(24)22-34(31(36)23-35(40(3,38)39)29-20-12-8-14-25(29)2)30(21-26-15-5-4-6-16-26)32(37)33-28-18-10-11-19-28/h4-9,12-17,20,28,30H,10-11,18-19,21-23H2,1-3H3,(H,33,37). The number of nitrogens with zero attached hydrogens (tertiary/aromatic N) is 2. The molecule has 1 unspecified atom stereocenters. The molecule has 1 aliphatic rings. The van der Waals surface area contributed by atoms with Crippen LogP contribution in [0.15, 0.2) is 78.9 Å². The van der Waals surface area contributed by atoms with Crippen molar-refractivity contribution >= 4 is 27.5 Å². The van der Waals surface area contributed by atoms with Gasteiger partial charge >= 0.3 is 0 Å². The minimum atomic E-state index is -3.79. The lowest BCUT2D eigenvalue weighted by Crippen LogP contribution is -2.54. The third-order valence-corrected chi connectivity index (χ3v) is 8.76. The predicted octanol–water partition coefficient (Wildman–Crippen LogP) is 4.77. The summed E-state index contributed by atoms with van der Waals surface area (Å²) in [5, 5.41) is 3.19. The summed E-state index contributed by atoms with van der Waals surface area (Å²) >= 11 is 0. The van der Waals surface area contributed by atoms with Crippen LogP contribution >= 0.6 is 0 Å². The summed E-state index contributed by atoms with van der Waals surface area (Å²) in [6.07, 6.45) is 5.40. The summed E-state index contributed by atoms with van der Waals surface area (Å²) in [6.45, 7) is 3.57. The van der Waals surface area contributed by atoms with Crippen molar-refractivity contribution in [3.63, 3.8) is 0 Å². The zero-order valence-corrected chi connectivity index (χ0v) is 24.4. The second-order valence-electron chi connectivity index (χ2n) is 10.7. The summed E-state index contributed by atoms with van der Waals surface area (Å²) in [5.74, 6) is -0.640. The SMILES string of the molecule is Cc1ccccc1CN(C(=O)CN(c1ccccc1C)S(C)(=O)=O)C(Cc1ccccc1)C(=O)NC1CCCC1. The molecule has 0 bridgehead atoms. The molecule has 3 aromatic carbocycles. The van der Waals surface area contributed by atoms with E-state index in [1.165, 1.54) is 0 Å². The molecule has 0 aliphatic heterocycles. The number of para-hydroxylation sites is 1. The van der Waals surface area contributed by atoms with E-state index >= 15 is 0 Å². The van der Waals surface area contributed by atoms with Crippen LogP contribution in [-0.4, -0.2) is 50.0 Å². The first-order valence-electron chi connectivity index (χ1n) is 13.8. The Kier molecular flexibility index (Phi) is 9.63. The number of nitrogens with one attached hydrogen (secondary N) is 1. The second kappa shape index (κ2) is 13.1. The topological polar surface area (TPSA) is 86.8 Å². The number of amides is 2. The lowest BCUT2D eigenvalue weighted by Gasteiger charge is -2.34. The van der Waals surface area contributed by atoms with Crippen molar-refractivity contribution in [1.82, 2.24) is 10.2 Å². The van der Waals surface area contributed by atoms with Gasteiger partial charge in [0, 0.05) is 19.0 Å². The molecule has 40 heavy (non-hydrogen) atoms. The van der Waals surface area contributed by atoms with E-state index in [0.29, 0.717) is 12.1 Å². The zero-order valence-electron chi connectivity index (χ0n) is 23.5. The fraction of sp³-hybridized carbons (Fsp3) is 0.375. The van der Waals surface area contributed by atoms with E-state index in [-0.39, 0.29) is 18.5 Å². The molecule has 0 spiro atoms. The van der Waals surface area contributed by atoms with E-state index in [4.69, 9.17) is 0 Å². The smallest absolute Gasteiger partial charge is 0.244 e. The van der Waals surface area contributed by atoms with Gasteiger partial charge < -0.3 is 10.2 Å². The number of hydrogen-bond donors (Lipinski definition) is 1. The van der Waals surface area contributed by atoms with Crippen LogP contribution in [-0.2, 0) is 32.6 Å². The van der Waals surface area contributed by atoms with Crippen molar-refractivity contribution in [1.29, 1.82) is 0 Å². The second-order valence-corrected chi connectivity index (χ2v) is 12.6. The Balaban J connectivity index is 1.74. The Morgan fingerprint density at radius 3 is 2.10 bits per heavy atom. The first-order valence-corrected chi connectivity index (χ1v) is 15.7. The molecule has 1 saturated carbocycles. The molecular formula is C32H39N3O4S. The minimum absolute atomic E-state index is 0.0840. The van der Waals surface area contributed by atoms with Crippen molar-refractivity contribution in [3.8, 4) is 0 Å². The van der Waals surface area contributed by atoms with Gasteiger partial charge in [-0.3, -0.25) is 13.9 Å². The Hall–Kier alpha value is -3.65. The Bertz CT molecular complexity index is 1420. The van der Waals surface area contributed by atoms with Gasteiger partial charge in [-0.15, -0.1) is 0 Å². The Morgan fingerprint density at radius 2 is 1.48 bits per heavy atom. The van der Waals surface area contributed by atoms with Crippen molar-refractivity contribution < 1.29 is 18.0 Å². The fourth-order valence-electron chi connectivity index (χ4n) is 5.33. The van der Waals surface area contributed by atoms with Gasteiger partial charge in [-0.2, -0.15) is 0 Å². The van der Waals surface area contributed by atoms with Gasteiger partial charge in [-0.25, -0.2) is 8.42 Å². The van der Waals surface area contributed by atoms with Crippen molar-refractivity contribution in [3.05, 3.63) is 101 Å². The molecule has 0 radical (unpaired) electrons. The lowest BCUT2D eigenvalue weighted by molar-refractivity contribution is -0.140. The molecule has 3 aromatic rings. The number of anilines is 1. The van der Waals surface area contributed by atoms with Crippen LogP contribution < -0.4 is 9.62 Å². The van der Waals surface area contributed by atoms with Crippen molar-refractivity contribution in [2.24, 2.45) is 0 Å². The van der Waals surface area contributed by atoms with E-state index in [0.717, 1.165) is 58.5 Å². The highest BCUT2D eigenvalue weighted by atomic mass is 32.2. The summed E-state index contributed by atoms with van der Waals surface area (Å²) in [6, 6.07) is 23.8. The molecule has 0 aromatic heterocycles. The molecule has 1 atom stereocenters. The van der Waals surface area contributed by atoms with Crippen LogP contribution in [0, 0.1) is 13.8 Å². The van der Waals surface area contributed by atoms with E-state index < -0.39 is 28.5 Å².